The summed E-state index contributed by atoms with van der Waals surface area (Å²) in [5, 5.41) is 6.89. The Kier molecular flexibility index (Phi) is 3.12. The second kappa shape index (κ2) is 5.08. The molecule has 8 nitrogen and oxygen atoms in total. The lowest BCUT2D eigenvalue weighted by atomic mass is 10.4. The minimum Gasteiger partial charge on any atom is -0.349 e. The maximum atomic E-state index is 11.9. The third kappa shape index (κ3) is 2.35. The van der Waals surface area contributed by atoms with Crippen molar-refractivity contribution < 1.29 is 4.79 Å². The van der Waals surface area contributed by atoms with Gasteiger partial charge in [-0.15, -0.1) is 5.10 Å². The van der Waals surface area contributed by atoms with Gasteiger partial charge in [-0.3, -0.25) is 4.79 Å². The predicted molar refractivity (Wildman–Crippen MR) is 70.1 cm³/mol. The summed E-state index contributed by atoms with van der Waals surface area (Å²) < 4.78 is 1.54. The first-order valence-corrected chi connectivity index (χ1v) is 6.19. The summed E-state index contributed by atoms with van der Waals surface area (Å²) in [5.41, 5.74) is 0.872. The van der Waals surface area contributed by atoms with Gasteiger partial charge in [-0.1, -0.05) is 0 Å². The highest BCUT2D eigenvalue weighted by Crippen LogP contribution is 2.01. The van der Waals surface area contributed by atoms with Gasteiger partial charge in [0.2, 0.25) is 5.82 Å². The Hall–Kier alpha value is -2.77. The molecular formula is C12H13N7O. The molecule has 0 atom stereocenters. The average molecular weight is 271 g/mol. The van der Waals surface area contributed by atoms with Gasteiger partial charge in [0, 0.05) is 37.3 Å². The van der Waals surface area contributed by atoms with Crippen LogP contribution in [0.5, 0.6) is 0 Å². The standard InChI is InChI=1S/C12H13N7O/c1-8-2-4-16-12-17-10(18-19(8)12)11(20)15-5-3-9-13-6-7-14-9/h2,4,6-7H,3,5H2,1H3,(H,13,14)(H,15,20). The molecule has 8 heteroatoms. The lowest BCUT2D eigenvalue weighted by Crippen LogP contribution is -2.27. The number of hydrogen-bond donors (Lipinski definition) is 2. The van der Waals surface area contributed by atoms with Crippen LogP contribution >= 0.6 is 0 Å². The lowest BCUT2D eigenvalue weighted by molar-refractivity contribution is 0.0944. The third-order valence-electron chi connectivity index (χ3n) is 2.84. The molecule has 0 saturated carbocycles. The van der Waals surface area contributed by atoms with Gasteiger partial charge in [0.15, 0.2) is 0 Å². The Morgan fingerprint density at radius 3 is 3.05 bits per heavy atom. The van der Waals surface area contributed by atoms with Crippen LogP contribution in [0.25, 0.3) is 5.78 Å². The Morgan fingerprint density at radius 1 is 1.40 bits per heavy atom. The van der Waals surface area contributed by atoms with E-state index in [1.165, 1.54) is 0 Å². The number of fused-ring (bicyclic) bond motifs is 1. The van der Waals surface area contributed by atoms with E-state index in [2.05, 4.69) is 30.4 Å². The molecular weight excluding hydrogens is 258 g/mol. The number of amides is 1. The molecule has 0 unspecified atom stereocenters. The molecule has 20 heavy (non-hydrogen) atoms. The molecule has 3 rings (SSSR count). The number of nitrogens with zero attached hydrogens (tertiary/aromatic N) is 5. The molecule has 0 aliphatic heterocycles. The molecule has 0 aromatic carbocycles. The number of rotatable bonds is 4. The monoisotopic (exact) mass is 271 g/mol. The Morgan fingerprint density at radius 2 is 2.30 bits per heavy atom. The van der Waals surface area contributed by atoms with E-state index >= 15 is 0 Å². The second-order valence-corrected chi connectivity index (χ2v) is 4.28. The van der Waals surface area contributed by atoms with Gasteiger partial charge in [0.1, 0.15) is 5.82 Å². The molecule has 0 bridgehead atoms. The largest absolute Gasteiger partial charge is 0.349 e. The minimum atomic E-state index is -0.318. The van der Waals surface area contributed by atoms with Crippen molar-refractivity contribution in [1.29, 1.82) is 0 Å². The molecule has 102 valence electrons. The summed E-state index contributed by atoms with van der Waals surface area (Å²) in [4.78, 5) is 27.2. The quantitative estimate of drug-likeness (QED) is 0.702. The molecule has 3 heterocycles. The van der Waals surface area contributed by atoms with Crippen LogP contribution in [0, 0.1) is 6.92 Å². The summed E-state index contributed by atoms with van der Waals surface area (Å²) in [6.45, 7) is 2.34. The maximum absolute atomic E-state index is 11.9. The van der Waals surface area contributed by atoms with Crippen LogP contribution in [0.15, 0.2) is 24.7 Å². The molecule has 0 saturated heterocycles. The highest BCUT2D eigenvalue weighted by Gasteiger charge is 2.13. The summed E-state index contributed by atoms with van der Waals surface area (Å²) in [7, 11) is 0. The lowest BCUT2D eigenvalue weighted by Gasteiger charge is -1.99. The first-order valence-electron chi connectivity index (χ1n) is 6.19. The van der Waals surface area contributed by atoms with Crippen LogP contribution in [0.2, 0.25) is 0 Å². The van der Waals surface area contributed by atoms with Crippen LogP contribution in [-0.4, -0.2) is 42.0 Å². The van der Waals surface area contributed by atoms with Crippen LogP contribution < -0.4 is 5.32 Å². The number of carbonyl (C=O) groups is 1. The molecule has 0 spiro atoms. The number of H-pyrrole nitrogens is 1. The highest BCUT2D eigenvalue weighted by atomic mass is 16.2. The molecule has 2 N–H and O–H groups in total. The van der Waals surface area contributed by atoms with E-state index in [0.29, 0.717) is 18.7 Å². The summed E-state index contributed by atoms with van der Waals surface area (Å²) in [5.74, 6) is 1.04. The van der Waals surface area contributed by atoms with Crippen molar-refractivity contribution in [1.82, 2.24) is 34.9 Å². The zero-order chi connectivity index (χ0) is 13.9. The van der Waals surface area contributed by atoms with Crippen molar-refractivity contribution in [3.05, 3.63) is 42.0 Å². The smallest absolute Gasteiger partial charge is 0.291 e. The molecule has 3 aromatic rings. The van der Waals surface area contributed by atoms with E-state index in [1.807, 2.05) is 6.92 Å². The van der Waals surface area contributed by atoms with Gasteiger partial charge in [-0.25, -0.2) is 14.5 Å². The first-order chi connectivity index (χ1) is 9.74. The van der Waals surface area contributed by atoms with Crippen molar-refractivity contribution in [3.63, 3.8) is 0 Å². The molecule has 3 aromatic heterocycles. The van der Waals surface area contributed by atoms with Crippen molar-refractivity contribution in [2.45, 2.75) is 13.3 Å². The minimum absolute atomic E-state index is 0.117. The van der Waals surface area contributed by atoms with Crippen LogP contribution in [-0.2, 0) is 6.42 Å². The number of aromatic nitrogens is 6. The van der Waals surface area contributed by atoms with Crippen LogP contribution in [0.3, 0.4) is 0 Å². The SMILES string of the molecule is Cc1ccnc2nc(C(=O)NCCc3ncc[nH]3)nn12. The Bertz CT molecular complexity index is 731. The van der Waals surface area contributed by atoms with Gasteiger partial charge < -0.3 is 10.3 Å². The van der Waals surface area contributed by atoms with Gasteiger partial charge in [-0.2, -0.15) is 4.98 Å². The van der Waals surface area contributed by atoms with Gasteiger partial charge >= 0.3 is 0 Å². The summed E-state index contributed by atoms with van der Waals surface area (Å²) in [6, 6.07) is 1.81. The maximum Gasteiger partial charge on any atom is 0.291 e. The number of carbonyl (C=O) groups excluding carboxylic acids is 1. The topological polar surface area (TPSA) is 101 Å². The van der Waals surface area contributed by atoms with Gasteiger partial charge in [0.05, 0.1) is 0 Å². The van der Waals surface area contributed by atoms with Crippen molar-refractivity contribution in [2.24, 2.45) is 0 Å². The van der Waals surface area contributed by atoms with Gasteiger partial charge in [0.25, 0.3) is 11.7 Å². The zero-order valence-corrected chi connectivity index (χ0v) is 10.9. The number of aromatic amines is 1. The third-order valence-corrected chi connectivity index (χ3v) is 2.84. The van der Waals surface area contributed by atoms with E-state index in [9.17, 15) is 4.79 Å². The molecule has 0 aliphatic carbocycles. The number of imidazole rings is 1. The zero-order valence-electron chi connectivity index (χ0n) is 10.9. The van der Waals surface area contributed by atoms with Crippen LogP contribution in [0.1, 0.15) is 22.1 Å². The van der Waals surface area contributed by atoms with E-state index < -0.39 is 0 Å². The molecule has 0 radical (unpaired) electrons. The fourth-order valence-corrected chi connectivity index (χ4v) is 1.81. The fraction of sp³-hybridized carbons (Fsp3) is 0.250. The molecule has 0 fully saturated rings. The normalized spacial score (nSPS) is 10.8. The van der Waals surface area contributed by atoms with E-state index in [-0.39, 0.29) is 11.7 Å². The van der Waals surface area contributed by atoms with Crippen LogP contribution in [0.4, 0.5) is 0 Å². The number of aryl methyl sites for hydroxylation is 1. The number of hydrogen-bond acceptors (Lipinski definition) is 5. The number of nitrogens with one attached hydrogen (secondary N) is 2. The summed E-state index contributed by atoms with van der Waals surface area (Å²) in [6.07, 6.45) is 5.69. The first kappa shape index (κ1) is 12.3. The van der Waals surface area contributed by atoms with E-state index in [4.69, 9.17) is 0 Å². The van der Waals surface area contributed by atoms with Crippen molar-refractivity contribution in [3.8, 4) is 0 Å². The molecule has 1 amide bonds. The van der Waals surface area contributed by atoms with Crippen molar-refractivity contribution in [2.75, 3.05) is 6.54 Å². The van der Waals surface area contributed by atoms with Crippen molar-refractivity contribution >= 4 is 11.7 Å². The Labute approximate surface area is 114 Å². The Balaban J connectivity index is 1.68. The van der Waals surface area contributed by atoms with Gasteiger partial charge in [-0.05, 0) is 13.0 Å². The average Bonchev–Trinajstić information content (AvgIpc) is 3.07. The second-order valence-electron chi connectivity index (χ2n) is 4.28. The highest BCUT2D eigenvalue weighted by molar-refractivity contribution is 5.90. The fourth-order valence-electron chi connectivity index (χ4n) is 1.81. The molecule has 0 aliphatic rings. The van der Waals surface area contributed by atoms with E-state index in [0.717, 1.165) is 11.5 Å². The van der Waals surface area contributed by atoms with E-state index in [1.54, 1.807) is 29.2 Å². The summed E-state index contributed by atoms with van der Waals surface area (Å²) >= 11 is 0. The predicted octanol–water partition coefficient (Wildman–Crippen LogP) is 0.128.